The van der Waals surface area contributed by atoms with E-state index in [1.807, 2.05) is 30.3 Å². The molecule has 1 fully saturated rings. The van der Waals surface area contributed by atoms with Gasteiger partial charge in [0.1, 0.15) is 18.1 Å². The van der Waals surface area contributed by atoms with E-state index in [0.29, 0.717) is 29.5 Å². The third kappa shape index (κ3) is 3.94. The van der Waals surface area contributed by atoms with E-state index in [0.717, 1.165) is 30.8 Å². The second-order valence-electron chi connectivity index (χ2n) is 6.52. The molecule has 2 aliphatic rings. The fourth-order valence-corrected chi connectivity index (χ4v) is 3.38. The van der Waals surface area contributed by atoms with Gasteiger partial charge in [0.25, 0.3) is 5.91 Å². The van der Waals surface area contributed by atoms with Crippen molar-refractivity contribution in [2.75, 3.05) is 18.5 Å². The zero-order chi connectivity index (χ0) is 17.9. The fraction of sp³-hybridized carbons (Fsp3) is 0.350. The van der Waals surface area contributed by atoms with Crippen molar-refractivity contribution in [3.05, 3.63) is 53.1 Å². The number of halogens is 1. The summed E-state index contributed by atoms with van der Waals surface area (Å²) >= 11 is 5.99. The van der Waals surface area contributed by atoms with Gasteiger partial charge < -0.3 is 19.5 Å². The minimum absolute atomic E-state index is 0.176. The van der Waals surface area contributed by atoms with Crippen LogP contribution in [0.2, 0.25) is 5.02 Å². The van der Waals surface area contributed by atoms with E-state index < -0.39 is 6.10 Å². The first-order valence-electron chi connectivity index (χ1n) is 8.78. The Kier molecular flexibility index (Phi) is 5.00. The maximum atomic E-state index is 12.4. The van der Waals surface area contributed by atoms with E-state index in [9.17, 15) is 4.79 Å². The van der Waals surface area contributed by atoms with Crippen LogP contribution in [0, 0.1) is 0 Å². The summed E-state index contributed by atoms with van der Waals surface area (Å²) in [6.07, 6.45) is 2.30. The Morgan fingerprint density at radius 2 is 2.08 bits per heavy atom. The number of benzene rings is 2. The fourth-order valence-electron chi connectivity index (χ4n) is 3.19. The molecule has 0 spiro atoms. The Morgan fingerprint density at radius 3 is 2.85 bits per heavy atom. The summed E-state index contributed by atoms with van der Waals surface area (Å²) in [7, 11) is 0. The molecule has 0 bridgehead atoms. The molecule has 2 aliphatic heterocycles. The van der Waals surface area contributed by atoms with Gasteiger partial charge in [0.05, 0.1) is 6.10 Å². The van der Waals surface area contributed by atoms with Gasteiger partial charge in [-0.3, -0.25) is 4.79 Å². The first-order valence-corrected chi connectivity index (χ1v) is 9.15. The van der Waals surface area contributed by atoms with Gasteiger partial charge in [-0.05, 0) is 60.9 Å². The number of carbonyl (C=O) groups is 1. The van der Waals surface area contributed by atoms with Gasteiger partial charge in [-0.1, -0.05) is 11.6 Å². The van der Waals surface area contributed by atoms with Crippen molar-refractivity contribution in [2.24, 2.45) is 0 Å². The van der Waals surface area contributed by atoms with Gasteiger partial charge in [-0.2, -0.15) is 0 Å². The van der Waals surface area contributed by atoms with E-state index in [1.54, 1.807) is 12.1 Å². The maximum absolute atomic E-state index is 12.4. The van der Waals surface area contributed by atoms with Crippen LogP contribution in [0.25, 0.3) is 0 Å². The summed E-state index contributed by atoms with van der Waals surface area (Å²) in [5.74, 6) is 1.30. The third-order valence-corrected chi connectivity index (χ3v) is 4.81. The summed E-state index contributed by atoms with van der Waals surface area (Å²) < 4.78 is 17.0. The molecule has 2 heterocycles. The van der Waals surface area contributed by atoms with Crippen molar-refractivity contribution < 1.29 is 19.0 Å². The molecule has 26 heavy (non-hydrogen) atoms. The molecular weight excluding hydrogens is 354 g/mol. The molecule has 0 saturated carbocycles. The number of carbonyl (C=O) groups excluding carboxylic acids is 1. The molecule has 0 aromatic heterocycles. The maximum Gasteiger partial charge on any atom is 0.265 e. The molecule has 0 radical (unpaired) electrons. The lowest BCUT2D eigenvalue weighted by Crippen LogP contribution is -2.31. The molecule has 2 atom stereocenters. The van der Waals surface area contributed by atoms with Crippen molar-refractivity contribution in [1.29, 1.82) is 0 Å². The van der Waals surface area contributed by atoms with Crippen molar-refractivity contribution in [2.45, 2.75) is 31.5 Å². The number of anilines is 1. The molecule has 2 unspecified atom stereocenters. The molecule has 1 N–H and O–H groups in total. The monoisotopic (exact) mass is 373 g/mol. The molecule has 0 aliphatic carbocycles. The number of ether oxygens (including phenoxy) is 3. The largest absolute Gasteiger partial charge is 0.491 e. The number of hydrogen-bond donors (Lipinski definition) is 1. The first kappa shape index (κ1) is 17.2. The highest BCUT2D eigenvalue weighted by Gasteiger charge is 2.29. The molecule has 4 rings (SSSR count). The number of fused-ring (bicyclic) bond motifs is 1. The van der Waals surface area contributed by atoms with Crippen molar-refractivity contribution in [3.63, 3.8) is 0 Å². The molecule has 2 aromatic carbocycles. The number of rotatable bonds is 5. The highest BCUT2D eigenvalue weighted by Crippen LogP contribution is 2.31. The average Bonchev–Trinajstić information content (AvgIpc) is 3.30. The zero-order valence-corrected chi connectivity index (χ0v) is 15.0. The summed E-state index contributed by atoms with van der Waals surface area (Å²) in [6.45, 7) is 1.38. The van der Waals surface area contributed by atoms with Crippen LogP contribution in [-0.2, 0) is 16.0 Å². The van der Waals surface area contributed by atoms with Gasteiger partial charge in [0, 0.05) is 23.7 Å². The topological polar surface area (TPSA) is 56.8 Å². The standard InChI is InChI=1S/C20H20ClNO4/c21-14-3-8-18-13(10-14)11-19(26-18)20(23)22-15-4-6-16(7-5-15)25-12-17-2-1-9-24-17/h3-8,10,17,19H,1-2,9,11-12H2,(H,22,23). The Bertz CT molecular complexity index is 787. The van der Waals surface area contributed by atoms with Crippen LogP contribution < -0.4 is 14.8 Å². The van der Waals surface area contributed by atoms with E-state index in [4.69, 9.17) is 25.8 Å². The van der Waals surface area contributed by atoms with Gasteiger partial charge in [-0.15, -0.1) is 0 Å². The lowest BCUT2D eigenvalue weighted by molar-refractivity contribution is -0.122. The number of hydrogen-bond acceptors (Lipinski definition) is 4. The molecule has 6 heteroatoms. The van der Waals surface area contributed by atoms with E-state index in [2.05, 4.69) is 5.32 Å². The van der Waals surface area contributed by atoms with Crippen LogP contribution in [0.3, 0.4) is 0 Å². The normalized spacial score (nSPS) is 21.1. The Labute approximate surface area is 157 Å². The Hall–Kier alpha value is -2.24. The molecule has 5 nitrogen and oxygen atoms in total. The zero-order valence-electron chi connectivity index (χ0n) is 14.2. The smallest absolute Gasteiger partial charge is 0.265 e. The second-order valence-corrected chi connectivity index (χ2v) is 6.96. The Morgan fingerprint density at radius 1 is 1.23 bits per heavy atom. The average molecular weight is 374 g/mol. The van der Waals surface area contributed by atoms with Crippen LogP contribution in [0.4, 0.5) is 5.69 Å². The summed E-state index contributed by atoms with van der Waals surface area (Å²) in [6, 6.07) is 12.7. The van der Waals surface area contributed by atoms with E-state index in [1.165, 1.54) is 0 Å². The van der Waals surface area contributed by atoms with Crippen LogP contribution in [0.15, 0.2) is 42.5 Å². The van der Waals surface area contributed by atoms with Crippen molar-refractivity contribution in [3.8, 4) is 11.5 Å². The predicted molar refractivity (Wildman–Crippen MR) is 99.1 cm³/mol. The lowest BCUT2D eigenvalue weighted by Gasteiger charge is -2.13. The lowest BCUT2D eigenvalue weighted by atomic mass is 10.1. The van der Waals surface area contributed by atoms with Crippen LogP contribution in [0.5, 0.6) is 11.5 Å². The number of nitrogens with one attached hydrogen (secondary N) is 1. The van der Waals surface area contributed by atoms with Gasteiger partial charge in [-0.25, -0.2) is 0 Å². The van der Waals surface area contributed by atoms with E-state index in [-0.39, 0.29) is 12.0 Å². The highest BCUT2D eigenvalue weighted by atomic mass is 35.5. The van der Waals surface area contributed by atoms with Gasteiger partial charge in [0.15, 0.2) is 6.10 Å². The van der Waals surface area contributed by atoms with Gasteiger partial charge in [0.2, 0.25) is 0 Å². The highest BCUT2D eigenvalue weighted by molar-refractivity contribution is 6.30. The second kappa shape index (κ2) is 7.56. The first-order chi connectivity index (χ1) is 12.7. The van der Waals surface area contributed by atoms with Crippen molar-refractivity contribution in [1.82, 2.24) is 0 Å². The SMILES string of the molecule is O=C(Nc1ccc(OCC2CCCO2)cc1)C1Cc2cc(Cl)ccc2O1. The minimum atomic E-state index is -0.543. The minimum Gasteiger partial charge on any atom is -0.491 e. The molecule has 136 valence electrons. The number of amides is 1. The van der Waals surface area contributed by atoms with E-state index >= 15 is 0 Å². The Balaban J connectivity index is 1.30. The third-order valence-electron chi connectivity index (χ3n) is 4.57. The quantitative estimate of drug-likeness (QED) is 0.865. The van der Waals surface area contributed by atoms with Crippen LogP contribution in [-0.4, -0.2) is 31.3 Å². The van der Waals surface area contributed by atoms with Crippen LogP contribution in [0.1, 0.15) is 18.4 Å². The summed E-state index contributed by atoms with van der Waals surface area (Å²) in [4.78, 5) is 12.4. The molecule has 1 amide bonds. The van der Waals surface area contributed by atoms with Gasteiger partial charge >= 0.3 is 0 Å². The van der Waals surface area contributed by atoms with Crippen molar-refractivity contribution >= 4 is 23.2 Å². The van der Waals surface area contributed by atoms with Crippen LogP contribution >= 0.6 is 11.6 Å². The summed E-state index contributed by atoms with van der Waals surface area (Å²) in [5, 5.41) is 3.53. The predicted octanol–water partition coefficient (Wildman–Crippen LogP) is 3.84. The summed E-state index contributed by atoms with van der Waals surface area (Å²) in [5.41, 5.74) is 1.66. The molecule has 2 aromatic rings. The molecular formula is C20H20ClNO4. The molecule has 1 saturated heterocycles.